The minimum absolute atomic E-state index is 0.0288. The molecule has 2 aromatic carbocycles. The van der Waals surface area contributed by atoms with Gasteiger partial charge in [0.15, 0.2) is 11.2 Å². The van der Waals surface area contributed by atoms with Crippen molar-refractivity contribution in [1.29, 1.82) is 0 Å². The summed E-state index contributed by atoms with van der Waals surface area (Å²) in [5, 5.41) is 3.25. The second kappa shape index (κ2) is 7.00. The van der Waals surface area contributed by atoms with E-state index < -0.39 is 0 Å². The third-order valence-corrected chi connectivity index (χ3v) is 3.79. The lowest BCUT2D eigenvalue weighted by Crippen LogP contribution is -2.33. The number of likely N-dealkylation sites (N-methyl/N-ethyl adjacent to an activating group) is 1. The molecule has 1 heterocycles. The molecule has 0 bridgehead atoms. The molecule has 0 spiro atoms. The van der Waals surface area contributed by atoms with Gasteiger partial charge < -0.3 is 14.6 Å². The number of fused-ring (bicyclic) bond motifs is 1. The Hall–Kier alpha value is -3.08. The minimum Gasteiger partial charge on any atom is -0.451 e. The molecule has 0 atom stereocenters. The van der Waals surface area contributed by atoms with Crippen molar-refractivity contribution < 1.29 is 9.21 Å². The molecule has 5 heteroatoms. The van der Waals surface area contributed by atoms with Crippen LogP contribution < -0.4 is 15.6 Å². The third kappa shape index (κ3) is 3.46. The van der Waals surface area contributed by atoms with Gasteiger partial charge in [-0.2, -0.15) is 0 Å². The molecule has 0 aliphatic carbocycles. The van der Waals surface area contributed by atoms with Gasteiger partial charge in [-0.3, -0.25) is 9.59 Å². The average molecular weight is 322 g/mol. The SMILES string of the molecule is CN(CCNC(=O)c1cc(=O)c2ccccc2o1)c1ccccc1. The summed E-state index contributed by atoms with van der Waals surface area (Å²) in [5.41, 5.74) is 1.27. The Morgan fingerprint density at radius 2 is 1.79 bits per heavy atom. The summed E-state index contributed by atoms with van der Waals surface area (Å²) in [7, 11) is 1.96. The molecule has 3 aromatic rings. The second-order valence-electron chi connectivity index (χ2n) is 5.48. The van der Waals surface area contributed by atoms with E-state index in [4.69, 9.17) is 4.42 Å². The molecule has 0 saturated carbocycles. The highest BCUT2D eigenvalue weighted by atomic mass is 16.3. The second-order valence-corrected chi connectivity index (χ2v) is 5.48. The first-order valence-corrected chi connectivity index (χ1v) is 7.72. The fraction of sp³-hybridized carbons (Fsp3) is 0.158. The van der Waals surface area contributed by atoms with Crippen molar-refractivity contribution >= 4 is 22.6 Å². The number of nitrogens with one attached hydrogen (secondary N) is 1. The van der Waals surface area contributed by atoms with Gasteiger partial charge in [0, 0.05) is 31.9 Å². The molecule has 5 nitrogen and oxygen atoms in total. The van der Waals surface area contributed by atoms with Gasteiger partial charge in [0.1, 0.15) is 5.58 Å². The van der Waals surface area contributed by atoms with Gasteiger partial charge >= 0.3 is 0 Å². The molecule has 1 N–H and O–H groups in total. The molecular weight excluding hydrogens is 304 g/mol. The van der Waals surface area contributed by atoms with Gasteiger partial charge in [0.05, 0.1) is 5.39 Å². The van der Waals surface area contributed by atoms with E-state index in [1.54, 1.807) is 24.3 Å². The number of carbonyl (C=O) groups is 1. The van der Waals surface area contributed by atoms with Gasteiger partial charge in [-0.25, -0.2) is 0 Å². The Morgan fingerprint density at radius 3 is 2.58 bits per heavy atom. The fourth-order valence-corrected chi connectivity index (χ4v) is 2.45. The maximum Gasteiger partial charge on any atom is 0.287 e. The third-order valence-electron chi connectivity index (χ3n) is 3.79. The number of para-hydroxylation sites is 2. The average Bonchev–Trinajstić information content (AvgIpc) is 2.62. The van der Waals surface area contributed by atoms with E-state index in [0.717, 1.165) is 5.69 Å². The van der Waals surface area contributed by atoms with Gasteiger partial charge in [0.2, 0.25) is 0 Å². The molecule has 0 aliphatic heterocycles. The molecule has 24 heavy (non-hydrogen) atoms. The van der Waals surface area contributed by atoms with Gasteiger partial charge in [-0.15, -0.1) is 0 Å². The number of nitrogens with zero attached hydrogens (tertiary/aromatic N) is 1. The van der Waals surface area contributed by atoms with Crippen LogP contribution in [0.4, 0.5) is 5.69 Å². The zero-order valence-corrected chi connectivity index (χ0v) is 13.4. The van der Waals surface area contributed by atoms with Crippen molar-refractivity contribution in [2.45, 2.75) is 0 Å². The summed E-state index contributed by atoms with van der Waals surface area (Å²) in [4.78, 5) is 26.3. The predicted molar refractivity (Wildman–Crippen MR) is 94.5 cm³/mol. The number of hydrogen-bond donors (Lipinski definition) is 1. The van der Waals surface area contributed by atoms with Crippen LogP contribution >= 0.6 is 0 Å². The maximum atomic E-state index is 12.2. The van der Waals surface area contributed by atoms with Gasteiger partial charge in [0.25, 0.3) is 5.91 Å². The summed E-state index contributed by atoms with van der Waals surface area (Å²) < 4.78 is 5.52. The normalized spacial score (nSPS) is 10.5. The number of anilines is 1. The van der Waals surface area contributed by atoms with E-state index in [-0.39, 0.29) is 17.1 Å². The fourth-order valence-electron chi connectivity index (χ4n) is 2.45. The quantitative estimate of drug-likeness (QED) is 0.784. The smallest absolute Gasteiger partial charge is 0.287 e. The first-order valence-electron chi connectivity index (χ1n) is 7.72. The van der Waals surface area contributed by atoms with Crippen molar-refractivity contribution in [2.75, 3.05) is 25.0 Å². The molecule has 0 aliphatic rings. The van der Waals surface area contributed by atoms with Crippen LogP contribution in [-0.2, 0) is 0 Å². The first-order chi connectivity index (χ1) is 11.6. The van der Waals surface area contributed by atoms with E-state index in [1.807, 2.05) is 42.3 Å². The van der Waals surface area contributed by atoms with Crippen molar-refractivity contribution in [3.05, 3.63) is 76.6 Å². The molecule has 1 aromatic heterocycles. The molecular formula is C19H18N2O3. The number of benzene rings is 2. The van der Waals surface area contributed by atoms with Crippen LogP contribution in [0.15, 0.2) is 69.9 Å². The highest BCUT2D eigenvalue weighted by Crippen LogP contribution is 2.12. The number of rotatable bonds is 5. The van der Waals surface area contributed by atoms with Crippen LogP contribution in [0.2, 0.25) is 0 Å². The predicted octanol–water partition coefficient (Wildman–Crippen LogP) is 2.66. The van der Waals surface area contributed by atoms with E-state index >= 15 is 0 Å². The van der Waals surface area contributed by atoms with Gasteiger partial charge in [-0.1, -0.05) is 30.3 Å². The molecule has 0 saturated heterocycles. The Kier molecular flexibility index (Phi) is 4.61. The van der Waals surface area contributed by atoms with Crippen molar-refractivity contribution in [1.82, 2.24) is 5.32 Å². The zero-order valence-electron chi connectivity index (χ0n) is 13.4. The Morgan fingerprint density at radius 1 is 1.08 bits per heavy atom. The topological polar surface area (TPSA) is 62.6 Å². The number of carbonyl (C=O) groups excluding carboxylic acids is 1. The van der Waals surface area contributed by atoms with Crippen LogP contribution in [-0.4, -0.2) is 26.0 Å². The summed E-state index contributed by atoms with van der Waals surface area (Å²) in [6.45, 7) is 1.09. The van der Waals surface area contributed by atoms with Crippen molar-refractivity contribution in [3.63, 3.8) is 0 Å². The van der Waals surface area contributed by atoms with E-state index in [1.165, 1.54) is 6.07 Å². The summed E-state index contributed by atoms with van der Waals surface area (Å²) >= 11 is 0. The Balaban J connectivity index is 1.64. The zero-order chi connectivity index (χ0) is 16.9. The minimum atomic E-state index is -0.390. The number of hydrogen-bond acceptors (Lipinski definition) is 4. The van der Waals surface area contributed by atoms with Crippen LogP contribution in [0.5, 0.6) is 0 Å². The molecule has 3 rings (SSSR count). The van der Waals surface area contributed by atoms with Crippen molar-refractivity contribution in [2.24, 2.45) is 0 Å². The molecule has 0 radical (unpaired) electrons. The van der Waals surface area contributed by atoms with Crippen LogP contribution in [0.3, 0.4) is 0 Å². The van der Waals surface area contributed by atoms with Gasteiger partial charge in [-0.05, 0) is 24.3 Å². The van der Waals surface area contributed by atoms with Crippen molar-refractivity contribution in [3.8, 4) is 0 Å². The highest BCUT2D eigenvalue weighted by Gasteiger charge is 2.12. The monoisotopic (exact) mass is 322 g/mol. The summed E-state index contributed by atoms with van der Waals surface area (Å²) in [6, 6.07) is 18.0. The molecule has 0 fully saturated rings. The number of amides is 1. The maximum absolute atomic E-state index is 12.2. The van der Waals surface area contributed by atoms with E-state index in [2.05, 4.69) is 5.32 Å². The summed E-state index contributed by atoms with van der Waals surface area (Å²) in [6.07, 6.45) is 0. The van der Waals surface area contributed by atoms with E-state index in [0.29, 0.717) is 24.1 Å². The lowest BCUT2D eigenvalue weighted by Gasteiger charge is -2.19. The highest BCUT2D eigenvalue weighted by molar-refractivity contribution is 5.93. The Bertz CT molecular complexity index is 903. The molecule has 1 amide bonds. The lowest BCUT2D eigenvalue weighted by molar-refractivity contribution is 0.0927. The lowest BCUT2D eigenvalue weighted by atomic mass is 10.2. The molecule has 0 unspecified atom stereocenters. The van der Waals surface area contributed by atoms with Crippen LogP contribution in [0, 0.1) is 0 Å². The Labute approximate surface area is 139 Å². The molecule has 122 valence electrons. The summed E-state index contributed by atoms with van der Waals surface area (Å²) in [5.74, 6) is -0.361. The van der Waals surface area contributed by atoms with Crippen LogP contribution in [0.1, 0.15) is 10.6 Å². The largest absolute Gasteiger partial charge is 0.451 e. The van der Waals surface area contributed by atoms with E-state index in [9.17, 15) is 9.59 Å². The van der Waals surface area contributed by atoms with Crippen LogP contribution in [0.25, 0.3) is 11.0 Å². The standard InChI is InChI=1S/C19H18N2O3/c1-21(14-7-3-2-4-8-14)12-11-20-19(23)18-13-16(22)15-9-5-6-10-17(15)24-18/h2-10,13H,11-12H2,1H3,(H,20,23). The first kappa shape index (κ1) is 15.8.